The fraction of sp³-hybridized carbons (Fsp3) is 0.889. The average molecular weight is 155 g/mol. The first-order chi connectivity index (χ1) is 5.13. The van der Waals surface area contributed by atoms with Crippen LogP contribution < -0.4 is 0 Å². The Bertz CT molecular complexity index is 170. The number of hydrogen-bond acceptors (Lipinski definition) is 1. The van der Waals surface area contributed by atoms with Gasteiger partial charge in [-0.05, 0) is 0 Å². The summed E-state index contributed by atoms with van der Waals surface area (Å²) in [5, 5.41) is 0. The van der Waals surface area contributed by atoms with E-state index in [1.165, 1.54) is 25.3 Å². The second-order valence-electron chi connectivity index (χ2n) is 3.71. The molecule has 0 radical (unpaired) electrons. The fourth-order valence-electron chi connectivity index (χ4n) is 1.95. The van der Waals surface area contributed by atoms with E-state index >= 15 is 0 Å². The third-order valence-electron chi connectivity index (χ3n) is 2.29. The highest BCUT2D eigenvalue weighted by molar-refractivity contribution is 5.79. The van der Waals surface area contributed by atoms with Crippen LogP contribution in [0.25, 0.3) is 0 Å². The van der Waals surface area contributed by atoms with E-state index in [2.05, 4.69) is 37.4 Å². The lowest BCUT2D eigenvalue weighted by Crippen LogP contribution is -2.43. The molecule has 0 saturated heterocycles. The van der Waals surface area contributed by atoms with E-state index in [4.69, 9.17) is 0 Å². The summed E-state index contributed by atoms with van der Waals surface area (Å²) in [6.07, 6.45) is 1.29. The molecule has 1 aliphatic rings. The molecule has 0 spiro atoms. The maximum Gasteiger partial charge on any atom is 0.248 e. The van der Waals surface area contributed by atoms with Crippen molar-refractivity contribution in [3.05, 3.63) is 0 Å². The fourth-order valence-corrected chi connectivity index (χ4v) is 1.95. The molecule has 2 nitrogen and oxygen atoms in total. The Kier molecular flexibility index (Phi) is 2.53. The van der Waals surface area contributed by atoms with Gasteiger partial charge in [0.15, 0.2) is 0 Å². The van der Waals surface area contributed by atoms with Crippen molar-refractivity contribution in [3.8, 4) is 0 Å². The minimum Gasteiger partial charge on any atom is -0.268 e. The Morgan fingerprint density at radius 3 is 2.45 bits per heavy atom. The highest BCUT2D eigenvalue weighted by Crippen LogP contribution is 2.06. The Morgan fingerprint density at radius 1 is 1.45 bits per heavy atom. The molecule has 0 fully saturated rings. The average Bonchev–Trinajstić information content (AvgIpc) is 1.85. The van der Waals surface area contributed by atoms with Gasteiger partial charge in [-0.15, -0.1) is 0 Å². The molecular formula is C9H19N2+. The summed E-state index contributed by atoms with van der Waals surface area (Å²) in [4.78, 5) is 2.37. The topological polar surface area (TPSA) is 6.25 Å². The maximum absolute atomic E-state index is 2.37. The zero-order valence-corrected chi connectivity index (χ0v) is 8.09. The normalized spacial score (nSPS) is 19.9. The molecular weight excluding hydrogens is 136 g/mol. The molecule has 0 saturated carbocycles. The first kappa shape index (κ1) is 8.57. The van der Waals surface area contributed by atoms with E-state index in [-0.39, 0.29) is 0 Å². The first-order valence-corrected chi connectivity index (χ1v) is 4.42. The summed E-state index contributed by atoms with van der Waals surface area (Å²) in [7, 11) is 4.37. The van der Waals surface area contributed by atoms with Gasteiger partial charge in [-0.25, -0.2) is 0 Å². The predicted molar refractivity (Wildman–Crippen MR) is 48.1 cm³/mol. The van der Waals surface area contributed by atoms with Crippen LogP contribution in [0, 0.1) is 5.92 Å². The summed E-state index contributed by atoms with van der Waals surface area (Å²) in [5.41, 5.74) is 0. The molecule has 64 valence electrons. The number of rotatable bonds is 1. The second kappa shape index (κ2) is 3.24. The standard InChI is InChI=1S/C9H19N2/c1-8(2)9-10(3)6-5-7-11(9)4/h8H,5-7H2,1-4H3/q+1. The van der Waals surface area contributed by atoms with Crippen molar-refractivity contribution in [2.75, 3.05) is 27.2 Å². The van der Waals surface area contributed by atoms with Crippen LogP contribution in [0.1, 0.15) is 20.3 Å². The summed E-state index contributed by atoms with van der Waals surface area (Å²) in [6, 6.07) is 0. The molecule has 0 atom stereocenters. The maximum atomic E-state index is 2.37. The van der Waals surface area contributed by atoms with Crippen molar-refractivity contribution in [1.29, 1.82) is 0 Å². The third kappa shape index (κ3) is 1.73. The molecule has 0 N–H and O–H groups in total. The SMILES string of the molecule is CC(C)C1=[N+](C)CCCN1C. The van der Waals surface area contributed by atoms with Gasteiger partial charge in [-0.3, -0.25) is 9.48 Å². The Balaban J connectivity index is 2.82. The second-order valence-corrected chi connectivity index (χ2v) is 3.71. The van der Waals surface area contributed by atoms with E-state index in [1.54, 1.807) is 0 Å². The molecule has 0 aromatic heterocycles. The molecule has 0 amide bonds. The Labute approximate surface area is 69.5 Å². The van der Waals surface area contributed by atoms with Gasteiger partial charge in [0.25, 0.3) is 0 Å². The number of nitrogens with zero attached hydrogens (tertiary/aromatic N) is 2. The highest BCUT2D eigenvalue weighted by Gasteiger charge is 2.24. The summed E-state index contributed by atoms with van der Waals surface area (Å²) in [5.74, 6) is 2.14. The molecule has 11 heavy (non-hydrogen) atoms. The molecule has 0 bridgehead atoms. The van der Waals surface area contributed by atoms with E-state index < -0.39 is 0 Å². The van der Waals surface area contributed by atoms with Crippen molar-refractivity contribution in [2.45, 2.75) is 20.3 Å². The van der Waals surface area contributed by atoms with Gasteiger partial charge in [0.05, 0.1) is 33.1 Å². The minimum atomic E-state index is 0.658. The van der Waals surface area contributed by atoms with E-state index in [9.17, 15) is 0 Å². The van der Waals surface area contributed by atoms with Crippen LogP contribution in [0.3, 0.4) is 0 Å². The largest absolute Gasteiger partial charge is 0.268 e. The van der Waals surface area contributed by atoms with Crippen molar-refractivity contribution in [1.82, 2.24) is 4.90 Å². The van der Waals surface area contributed by atoms with Crippen LogP contribution in [-0.4, -0.2) is 42.5 Å². The number of hydrogen-bond donors (Lipinski definition) is 0. The van der Waals surface area contributed by atoms with Gasteiger partial charge in [-0.1, -0.05) is 13.8 Å². The zero-order valence-electron chi connectivity index (χ0n) is 8.09. The zero-order chi connectivity index (χ0) is 8.43. The van der Waals surface area contributed by atoms with E-state index in [0.717, 1.165) is 0 Å². The molecule has 0 aliphatic carbocycles. The van der Waals surface area contributed by atoms with Gasteiger partial charge in [0.2, 0.25) is 5.84 Å². The van der Waals surface area contributed by atoms with E-state index in [1.807, 2.05) is 0 Å². The lowest BCUT2D eigenvalue weighted by Gasteiger charge is -2.24. The van der Waals surface area contributed by atoms with Gasteiger partial charge in [0.1, 0.15) is 0 Å². The molecule has 2 heteroatoms. The van der Waals surface area contributed by atoms with Gasteiger partial charge < -0.3 is 0 Å². The molecule has 0 unspecified atom stereocenters. The molecule has 1 aliphatic heterocycles. The lowest BCUT2D eigenvalue weighted by molar-refractivity contribution is -0.511. The van der Waals surface area contributed by atoms with Crippen LogP contribution in [0.5, 0.6) is 0 Å². The number of amidine groups is 1. The van der Waals surface area contributed by atoms with Crippen LogP contribution in [-0.2, 0) is 0 Å². The summed E-state index contributed by atoms with van der Waals surface area (Å²) in [6.45, 7) is 6.96. The van der Waals surface area contributed by atoms with Crippen LogP contribution in [0.2, 0.25) is 0 Å². The van der Waals surface area contributed by atoms with Gasteiger partial charge in [-0.2, -0.15) is 0 Å². The highest BCUT2D eigenvalue weighted by atomic mass is 15.2. The first-order valence-electron chi connectivity index (χ1n) is 4.42. The lowest BCUT2D eigenvalue weighted by atomic mass is 10.1. The smallest absolute Gasteiger partial charge is 0.248 e. The quantitative estimate of drug-likeness (QED) is 0.512. The predicted octanol–water partition coefficient (Wildman–Crippen LogP) is 1.02. The molecule has 0 aromatic carbocycles. The van der Waals surface area contributed by atoms with Crippen molar-refractivity contribution < 1.29 is 4.58 Å². The van der Waals surface area contributed by atoms with Crippen molar-refractivity contribution in [3.63, 3.8) is 0 Å². The van der Waals surface area contributed by atoms with Crippen LogP contribution >= 0.6 is 0 Å². The third-order valence-corrected chi connectivity index (χ3v) is 2.29. The van der Waals surface area contributed by atoms with Crippen LogP contribution in [0.4, 0.5) is 0 Å². The van der Waals surface area contributed by atoms with E-state index in [0.29, 0.717) is 5.92 Å². The molecule has 0 aromatic rings. The van der Waals surface area contributed by atoms with Crippen LogP contribution in [0.15, 0.2) is 0 Å². The van der Waals surface area contributed by atoms with Crippen molar-refractivity contribution >= 4 is 5.84 Å². The Hall–Kier alpha value is -0.530. The van der Waals surface area contributed by atoms with Gasteiger partial charge >= 0.3 is 0 Å². The molecule has 1 rings (SSSR count). The summed E-state index contributed by atoms with van der Waals surface area (Å²) >= 11 is 0. The monoisotopic (exact) mass is 155 g/mol. The minimum absolute atomic E-state index is 0.658. The van der Waals surface area contributed by atoms with Crippen molar-refractivity contribution in [2.24, 2.45) is 5.92 Å². The molecule has 1 heterocycles. The van der Waals surface area contributed by atoms with Gasteiger partial charge in [0, 0.05) is 6.42 Å². The summed E-state index contributed by atoms with van der Waals surface area (Å²) < 4.78 is 2.37. The Morgan fingerprint density at radius 2 is 2.09 bits per heavy atom.